The molecule has 1 aromatic carbocycles. The molecule has 1 aromatic rings. The van der Waals surface area contributed by atoms with Crippen molar-refractivity contribution in [3.05, 3.63) is 29.8 Å². The van der Waals surface area contributed by atoms with Gasteiger partial charge in [-0.25, -0.2) is 4.79 Å². The molecular weight excluding hydrogens is 274 g/mol. The van der Waals surface area contributed by atoms with Crippen molar-refractivity contribution in [1.29, 1.82) is 0 Å². The van der Waals surface area contributed by atoms with Crippen molar-refractivity contribution in [1.82, 2.24) is 0 Å². The van der Waals surface area contributed by atoms with Gasteiger partial charge in [0.1, 0.15) is 5.60 Å². The quantitative estimate of drug-likeness (QED) is 0.814. The molecule has 21 heavy (non-hydrogen) atoms. The monoisotopic (exact) mass is 293 g/mol. The largest absolute Gasteiger partial charge is 0.481 e. The molecule has 1 amide bonds. The highest BCUT2D eigenvalue weighted by Crippen LogP contribution is 2.19. The number of ether oxygens (including phenoxy) is 1. The van der Waals surface area contributed by atoms with Crippen LogP contribution in [0.2, 0.25) is 0 Å². The Bertz CT molecular complexity index is 545. The van der Waals surface area contributed by atoms with Crippen molar-refractivity contribution in [2.75, 3.05) is 5.32 Å². The van der Waals surface area contributed by atoms with Crippen LogP contribution in [-0.2, 0) is 9.53 Å². The van der Waals surface area contributed by atoms with Gasteiger partial charge in [-0.05, 0) is 32.9 Å². The van der Waals surface area contributed by atoms with Gasteiger partial charge in [0.15, 0.2) is 5.78 Å². The lowest BCUT2D eigenvalue weighted by Crippen LogP contribution is -2.27. The number of carboxylic acid groups (broad SMARTS) is 1. The first-order chi connectivity index (χ1) is 9.69. The lowest BCUT2D eigenvalue weighted by Gasteiger charge is -2.20. The minimum absolute atomic E-state index is 0.123. The lowest BCUT2D eigenvalue weighted by atomic mass is 10.0. The molecule has 6 nitrogen and oxygen atoms in total. The summed E-state index contributed by atoms with van der Waals surface area (Å²) in [5.41, 5.74) is -0.0708. The molecule has 0 radical (unpaired) electrons. The Kier molecular flexibility index (Phi) is 5.46. The Morgan fingerprint density at radius 2 is 1.76 bits per heavy atom. The number of ketones is 1. The van der Waals surface area contributed by atoms with Crippen LogP contribution in [0.15, 0.2) is 24.3 Å². The van der Waals surface area contributed by atoms with Gasteiger partial charge in [0.25, 0.3) is 0 Å². The predicted molar refractivity (Wildman–Crippen MR) is 77.5 cm³/mol. The molecule has 0 aromatic heterocycles. The highest BCUT2D eigenvalue weighted by molar-refractivity contribution is 6.04. The summed E-state index contributed by atoms with van der Waals surface area (Å²) in [6.45, 7) is 5.20. The summed E-state index contributed by atoms with van der Waals surface area (Å²) >= 11 is 0. The van der Waals surface area contributed by atoms with E-state index in [2.05, 4.69) is 5.32 Å². The fourth-order valence-electron chi connectivity index (χ4n) is 1.60. The minimum atomic E-state index is -1.04. The second-order valence-electron chi connectivity index (χ2n) is 5.49. The minimum Gasteiger partial charge on any atom is -0.481 e. The van der Waals surface area contributed by atoms with Gasteiger partial charge in [0, 0.05) is 12.0 Å². The number of nitrogens with one attached hydrogen (secondary N) is 1. The van der Waals surface area contributed by atoms with Gasteiger partial charge in [-0.3, -0.25) is 14.9 Å². The van der Waals surface area contributed by atoms with Crippen LogP contribution >= 0.6 is 0 Å². The molecule has 0 aliphatic rings. The van der Waals surface area contributed by atoms with E-state index in [1.54, 1.807) is 39.0 Å². The molecule has 0 saturated heterocycles. The van der Waals surface area contributed by atoms with Crippen molar-refractivity contribution in [3.8, 4) is 0 Å². The molecule has 0 spiro atoms. The smallest absolute Gasteiger partial charge is 0.412 e. The average molecular weight is 293 g/mol. The van der Waals surface area contributed by atoms with Crippen molar-refractivity contribution in [2.45, 2.75) is 39.2 Å². The summed E-state index contributed by atoms with van der Waals surface area (Å²) in [6.07, 6.45) is -1.04. The van der Waals surface area contributed by atoms with E-state index in [4.69, 9.17) is 9.84 Å². The maximum atomic E-state index is 12.0. The van der Waals surface area contributed by atoms with Crippen LogP contribution in [0.3, 0.4) is 0 Å². The Morgan fingerprint density at radius 3 is 2.33 bits per heavy atom. The first-order valence-electron chi connectivity index (χ1n) is 6.53. The molecule has 0 aliphatic heterocycles. The summed E-state index contributed by atoms with van der Waals surface area (Å²) in [7, 11) is 0. The van der Waals surface area contributed by atoms with Crippen molar-refractivity contribution < 1.29 is 24.2 Å². The van der Waals surface area contributed by atoms with E-state index >= 15 is 0 Å². The molecule has 0 fully saturated rings. The third-order valence-electron chi connectivity index (χ3n) is 2.43. The number of aliphatic carboxylic acids is 1. The zero-order valence-electron chi connectivity index (χ0n) is 12.3. The third kappa shape index (κ3) is 6.07. The topological polar surface area (TPSA) is 92.7 Å². The standard InChI is InChI=1S/C15H19NO5/c1-15(2,3)21-14(20)16-11-7-5-4-6-10(11)12(17)8-9-13(18)19/h4-7H,8-9H2,1-3H3,(H,16,20)(H,18,19). The second kappa shape index (κ2) is 6.88. The second-order valence-corrected chi connectivity index (χ2v) is 5.49. The number of rotatable bonds is 5. The molecule has 6 heteroatoms. The Morgan fingerprint density at radius 1 is 1.14 bits per heavy atom. The summed E-state index contributed by atoms with van der Waals surface area (Å²) in [5.74, 6) is -1.38. The summed E-state index contributed by atoms with van der Waals surface area (Å²) < 4.78 is 5.12. The van der Waals surface area contributed by atoms with Crippen LogP contribution in [0.1, 0.15) is 44.0 Å². The SMILES string of the molecule is CC(C)(C)OC(=O)Nc1ccccc1C(=O)CCC(=O)O. The summed E-state index contributed by atoms with van der Waals surface area (Å²) in [4.78, 5) is 34.2. The van der Waals surface area contributed by atoms with Gasteiger partial charge < -0.3 is 9.84 Å². The first-order valence-corrected chi connectivity index (χ1v) is 6.53. The van der Waals surface area contributed by atoms with Crippen LogP contribution < -0.4 is 5.32 Å². The number of carbonyl (C=O) groups is 3. The zero-order valence-corrected chi connectivity index (χ0v) is 12.3. The maximum Gasteiger partial charge on any atom is 0.412 e. The van der Waals surface area contributed by atoms with E-state index in [1.807, 2.05) is 0 Å². The van der Waals surface area contributed by atoms with Crippen molar-refractivity contribution >= 4 is 23.5 Å². The highest BCUT2D eigenvalue weighted by atomic mass is 16.6. The summed E-state index contributed by atoms with van der Waals surface area (Å²) in [5, 5.41) is 11.1. The van der Waals surface area contributed by atoms with Gasteiger partial charge >= 0.3 is 12.1 Å². The number of amides is 1. The van der Waals surface area contributed by atoms with Gasteiger partial charge in [-0.1, -0.05) is 12.1 Å². The summed E-state index contributed by atoms with van der Waals surface area (Å²) in [6, 6.07) is 6.42. The molecule has 114 valence electrons. The number of hydrogen-bond donors (Lipinski definition) is 2. The van der Waals surface area contributed by atoms with Crippen molar-refractivity contribution in [2.24, 2.45) is 0 Å². The third-order valence-corrected chi connectivity index (χ3v) is 2.43. The molecule has 1 rings (SSSR count). The van der Waals surface area contributed by atoms with Crippen LogP contribution in [0.25, 0.3) is 0 Å². The van der Waals surface area contributed by atoms with Crippen molar-refractivity contribution in [3.63, 3.8) is 0 Å². The Hall–Kier alpha value is -2.37. The molecule has 0 heterocycles. The van der Waals surface area contributed by atoms with Gasteiger partial charge in [0.2, 0.25) is 0 Å². The Balaban J connectivity index is 2.82. The zero-order chi connectivity index (χ0) is 16.0. The predicted octanol–water partition coefficient (Wildman–Crippen LogP) is 3.08. The van der Waals surface area contributed by atoms with Crippen LogP contribution in [0.5, 0.6) is 0 Å². The van der Waals surface area contributed by atoms with E-state index in [9.17, 15) is 14.4 Å². The normalized spacial score (nSPS) is 10.8. The van der Waals surface area contributed by atoms with E-state index in [0.717, 1.165) is 0 Å². The number of carbonyl (C=O) groups excluding carboxylic acids is 2. The molecule has 0 bridgehead atoms. The number of carboxylic acids is 1. The number of Topliss-reactive ketones (excluding diaryl/α,β-unsaturated/α-hetero) is 1. The fourth-order valence-corrected chi connectivity index (χ4v) is 1.60. The van der Waals surface area contributed by atoms with E-state index < -0.39 is 17.7 Å². The molecule has 0 unspecified atom stereocenters. The van der Waals surface area contributed by atoms with E-state index in [0.29, 0.717) is 5.69 Å². The van der Waals surface area contributed by atoms with Gasteiger partial charge in [-0.15, -0.1) is 0 Å². The van der Waals surface area contributed by atoms with Crippen LogP contribution in [-0.4, -0.2) is 28.6 Å². The average Bonchev–Trinajstić information content (AvgIpc) is 2.34. The maximum absolute atomic E-state index is 12.0. The van der Waals surface area contributed by atoms with Crippen LogP contribution in [0, 0.1) is 0 Å². The molecule has 0 aliphatic carbocycles. The lowest BCUT2D eigenvalue weighted by molar-refractivity contribution is -0.136. The first kappa shape index (κ1) is 16.7. The highest BCUT2D eigenvalue weighted by Gasteiger charge is 2.19. The number of benzene rings is 1. The van der Waals surface area contributed by atoms with Crippen LogP contribution in [0.4, 0.5) is 10.5 Å². The molecule has 0 saturated carbocycles. The number of hydrogen-bond acceptors (Lipinski definition) is 4. The Labute approximate surface area is 123 Å². The van der Waals surface area contributed by atoms with Gasteiger partial charge in [0.05, 0.1) is 12.1 Å². The number of anilines is 1. The molecule has 0 atom stereocenters. The van der Waals surface area contributed by atoms with E-state index in [-0.39, 0.29) is 24.2 Å². The molecular formula is C15H19NO5. The molecule has 2 N–H and O–H groups in total. The van der Waals surface area contributed by atoms with E-state index in [1.165, 1.54) is 6.07 Å². The van der Waals surface area contributed by atoms with Gasteiger partial charge in [-0.2, -0.15) is 0 Å². The number of para-hydroxylation sites is 1. The fraction of sp³-hybridized carbons (Fsp3) is 0.400.